The molecule has 0 aromatic rings. The fourth-order valence-corrected chi connectivity index (χ4v) is 0.696. The van der Waals surface area contributed by atoms with E-state index in [-0.39, 0.29) is 0 Å². The van der Waals surface area contributed by atoms with Crippen molar-refractivity contribution in [3.63, 3.8) is 0 Å². The van der Waals surface area contributed by atoms with E-state index in [1.807, 2.05) is 5.43 Å². The molecule has 0 radical (unpaired) electrons. The lowest BCUT2D eigenvalue weighted by Crippen LogP contribution is -2.46. The van der Waals surface area contributed by atoms with Gasteiger partial charge in [0.25, 0.3) is 0 Å². The number of hydrogen-bond acceptors (Lipinski definition) is 4. The topological polar surface area (TPSA) is 79.6 Å². The molecule has 10 heavy (non-hydrogen) atoms. The van der Waals surface area contributed by atoms with Crippen molar-refractivity contribution < 1.29 is 5.03 Å². The molecule has 1 aliphatic rings. The molecule has 1 unspecified atom stereocenters. The van der Waals surface area contributed by atoms with Crippen molar-refractivity contribution in [1.29, 1.82) is 0 Å². The second-order valence-corrected chi connectivity index (χ2v) is 1.86. The quantitative estimate of drug-likeness (QED) is 0.389. The minimum absolute atomic E-state index is 0.552. The van der Waals surface area contributed by atoms with Crippen LogP contribution in [0.4, 0.5) is 0 Å². The van der Waals surface area contributed by atoms with E-state index in [2.05, 4.69) is 10.3 Å². The van der Waals surface area contributed by atoms with Crippen LogP contribution >= 0.6 is 0 Å². The van der Waals surface area contributed by atoms with Crippen molar-refractivity contribution in [2.45, 2.75) is 12.7 Å². The molecule has 0 aliphatic carbocycles. The summed E-state index contributed by atoms with van der Waals surface area (Å²) in [5.74, 6) is 0. The van der Waals surface area contributed by atoms with Gasteiger partial charge in [-0.15, -0.1) is 5.43 Å². The van der Waals surface area contributed by atoms with Crippen LogP contribution in [0.3, 0.4) is 0 Å². The van der Waals surface area contributed by atoms with Crippen molar-refractivity contribution in [1.82, 2.24) is 10.7 Å². The number of nitrogens with one attached hydrogen (secondary N) is 2. The zero-order chi connectivity index (χ0) is 7.40. The summed E-state index contributed by atoms with van der Waals surface area (Å²) in [6, 6.07) is 0. The van der Waals surface area contributed by atoms with Crippen molar-refractivity contribution in [3.05, 3.63) is 10.1 Å². The van der Waals surface area contributed by atoms with Crippen molar-refractivity contribution in [2.24, 2.45) is 4.99 Å². The third kappa shape index (κ3) is 1.98. The Morgan fingerprint density at radius 3 is 3.20 bits per heavy atom. The molecule has 0 amide bonds. The normalized spacial score (nSPS) is 24.2. The molecule has 6 heteroatoms. The Bertz CT molecular complexity index is 157. The first kappa shape index (κ1) is 6.94. The maximum atomic E-state index is 9.85. The molecule has 1 heterocycles. The van der Waals surface area contributed by atoms with Crippen LogP contribution in [0.1, 0.15) is 6.42 Å². The Kier molecular flexibility index (Phi) is 2.16. The van der Waals surface area contributed by atoms with Gasteiger partial charge in [0, 0.05) is 12.8 Å². The predicted octanol–water partition coefficient (Wildman–Crippen LogP) is -0.885. The molecule has 1 rings (SSSR count). The van der Waals surface area contributed by atoms with Gasteiger partial charge in [0.15, 0.2) is 5.03 Å². The Morgan fingerprint density at radius 1 is 1.90 bits per heavy atom. The maximum Gasteiger partial charge on any atom is 0.228 e. The summed E-state index contributed by atoms with van der Waals surface area (Å²) in [6.45, 7) is 0.731. The van der Waals surface area contributed by atoms with Crippen LogP contribution < -0.4 is 10.7 Å². The monoisotopic (exact) mass is 144 g/mol. The standard InChI is InChI=1S/C4H8N4O2/c9-8(10)7-4-5-2-1-3-6-4/h2,4,6-7H,1,3H2. The molecule has 6 nitrogen and oxygen atoms in total. The molecule has 0 bridgehead atoms. The van der Waals surface area contributed by atoms with E-state index < -0.39 is 11.3 Å². The first-order valence-electron chi connectivity index (χ1n) is 2.94. The van der Waals surface area contributed by atoms with Gasteiger partial charge in [-0.25, -0.2) is 10.1 Å². The zero-order valence-electron chi connectivity index (χ0n) is 5.28. The minimum atomic E-state index is -0.611. The summed E-state index contributed by atoms with van der Waals surface area (Å²) in [4.78, 5) is 13.6. The number of nitro groups is 1. The molecule has 2 N–H and O–H groups in total. The molecule has 0 fully saturated rings. The van der Waals surface area contributed by atoms with Crippen LogP contribution in [0.2, 0.25) is 0 Å². The van der Waals surface area contributed by atoms with Crippen molar-refractivity contribution in [2.75, 3.05) is 6.54 Å². The highest BCUT2D eigenvalue weighted by Gasteiger charge is 2.11. The summed E-state index contributed by atoms with van der Waals surface area (Å²) < 4.78 is 0. The highest BCUT2D eigenvalue weighted by molar-refractivity contribution is 5.58. The highest BCUT2D eigenvalue weighted by atomic mass is 16.7. The first-order valence-corrected chi connectivity index (χ1v) is 2.94. The van der Waals surface area contributed by atoms with E-state index in [4.69, 9.17) is 0 Å². The SMILES string of the molecule is O=[N+]([O-])NC1N=CCCN1. The van der Waals surface area contributed by atoms with Gasteiger partial charge < -0.3 is 0 Å². The molecular formula is C4H8N4O2. The molecule has 1 aliphatic heterocycles. The lowest BCUT2D eigenvalue weighted by atomic mass is 10.4. The van der Waals surface area contributed by atoms with Gasteiger partial charge in [0.2, 0.25) is 6.29 Å². The van der Waals surface area contributed by atoms with Gasteiger partial charge in [-0.05, 0) is 6.42 Å². The van der Waals surface area contributed by atoms with Crippen LogP contribution in [-0.2, 0) is 0 Å². The van der Waals surface area contributed by atoms with E-state index in [0.29, 0.717) is 0 Å². The first-order chi connectivity index (χ1) is 4.79. The van der Waals surface area contributed by atoms with E-state index in [0.717, 1.165) is 13.0 Å². The maximum absolute atomic E-state index is 9.85. The second kappa shape index (κ2) is 3.11. The molecule has 1 atom stereocenters. The third-order valence-electron chi connectivity index (χ3n) is 1.09. The summed E-state index contributed by atoms with van der Waals surface area (Å²) in [6.07, 6.45) is 1.94. The smallest absolute Gasteiger partial charge is 0.228 e. The molecule has 0 spiro atoms. The van der Waals surface area contributed by atoms with Crippen LogP contribution in [0.25, 0.3) is 0 Å². The number of nitrogens with zero attached hydrogens (tertiary/aromatic N) is 2. The largest absolute Gasteiger partial charge is 0.274 e. The van der Waals surface area contributed by atoms with Crippen molar-refractivity contribution >= 4 is 6.21 Å². The van der Waals surface area contributed by atoms with Gasteiger partial charge in [0.1, 0.15) is 0 Å². The summed E-state index contributed by atoms with van der Waals surface area (Å²) in [5.41, 5.74) is 1.99. The molecule has 56 valence electrons. The summed E-state index contributed by atoms with van der Waals surface area (Å²) in [7, 11) is 0. The van der Waals surface area contributed by atoms with Crippen LogP contribution in [0.5, 0.6) is 0 Å². The van der Waals surface area contributed by atoms with Gasteiger partial charge in [-0.1, -0.05) is 0 Å². The van der Waals surface area contributed by atoms with Crippen LogP contribution in [-0.4, -0.2) is 24.1 Å². The van der Waals surface area contributed by atoms with Crippen LogP contribution in [0.15, 0.2) is 4.99 Å². The average molecular weight is 144 g/mol. The number of rotatable bonds is 2. The van der Waals surface area contributed by atoms with E-state index in [1.54, 1.807) is 6.21 Å². The Balaban J connectivity index is 2.33. The Hall–Kier alpha value is -1.17. The zero-order valence-corrected chi connectivity index (χ0v) is 5.28. The Labute approximate surface area is 57.4 Å². The molecule has 0 aromatic heterocycles. The minimum Gasteiger partial charge on any atom is -0.274 e. The van der Waals surface area contributed by atoms with Gasteiger partial charge in [0.05, 0.1) is 0 Å². The fraction of sp³-hybridized carbons (Fsp3) is 0.750. The molecule has 0 saturated carbocycles. The lowest BCUT2D eigenvalue weighted by Gasteiger charge is -2.13. The number of aliphatic imine (C=N–C) groups is 1. The molecular weight excluding hydrogens is 136 g/mol. The van der Waals surface area contributed by atoms with E-state index in [9.17, 15) is 10.1 Å². The van der Waals surface area contributed by atoms with Gasteiger partial charge in [-0.3, -0.25) is 10.3 Å². The number of hydrazine groups is 1. The lowest BCUT2D eigenvalue weighted by molar-refractivity contribution is -0.552. The third-order valence-corrected chi connectivity index (χ3v) is 1.09. The van der Waals surface area contributed by atoms with Crippen molar-refractivity contribution in [3.8, 4) is 0 Å². The summed E-state index contributed by atoms with van der Waals surface area (Å²) >= 11 is 0. The van der Waals surface area contributed by atoms with E-state index >= 15 is 0 Å². The average Bonchev–Trinajstić information content (AvgIpc) is 1.88. The van der Waals surface area contributed by atoms with E-state index in [1.165, 1.54) is 0 Å². The van der Waals surface area contributed by atoms with Gasteiger partial charge in [-0.2, -0.15) is 0 Å². The predicted molar refractivity (Wildman–Crippen MR) is 35.0 cm³/mol. The second-order valence-electron chi connectivity index (χ2n) is 1.86. The number of hydrogen-bond donors (Lipinski definition) is 2. The Morgan fingerprint density at radius 2 is 2.70 bits per heavy atom. The van der Waals surface area contributed by atoms with Crippen LogP contribution in [0, 0.1) is 10.1 Å². The fourth-order valence-electron chi connectivity index (χ4n) is 0.696. The molecule has 0 saturated heterocycles. The van der Waals surface area contributed by atoms with Gasteiger partial charge >= 0.3 is 0 Å². The summed E-state index contributed by atoms with van der Waals surface area (Å²) in [5, 5.41) is 12.0. The molecule has 0 aromatic carbocycles. The highest BCUT2D eigenvalue weighted by Crippen LogP contribution is 1.87.